The van der Waals surface area contributed by atoms with Crippen molar-refractivity contribution in [1.82, 2.24) is 0 Å². The molecule has 0 saturated heterocycles. The molecular formula is C17H20INS. The van der Waals surface area contributed by atoms with Crippen molar-refractivity contribution in [3.05, 3.63) is 49.7 Å². The molecule has 0 bridgehead atoms. The Hall–Kier alpha value is -0.550. The van der Waals surface area contributed by atoms with Crippen molar-refractivity contribution in [1.29, 1.82) is 0 Å². The molecule has 1 N–H and O–H groups in total. The minimum absolute atomic E-state index is 0.483. The molecule has 0 amide bonds. The van der Waals surface area contributed by atoms with E-state index in [2.05, 4.69) is 70.5 Å². The third-order valence-electron chi connectivity index (χ3n) is 4.22. The molecule has 1 aromatic carbocycles. The average Bonchev–Trinajstić information content (AvgIpc) is 3.11. The highest BCUT2D eigenvalue weighted by Gasteiger charge is 2.27. The third kappa shape index (κ3) is 3.19. The summed E-state index contributed by atoms with van der Waals surface area (Å²) in [6.07, 6.45) is 5.50. The molecule has 2 aromatic rings. The van der Waals surface area contributed by atoms with Gasteiger partial charge in [-0.1, -0.05) is 18.9 Å². The number of hydrogen-bond acceptors (Lipinski definition) is 2. The van der Waals surface area contributed by atoms with Crippen LogP contribution in [0, 0.1) is 16.4 Å². The lowest BCUT2D eigenvalue weighted by Gasteiger charge is -2.26. The van der Waals surface area contributed by atoms with Crippen molar-refractivity contribution in [3.8, 4) is 0 Å². The molecular weight excluding hydrogens is 377 g/mol. The summed E-state index contributed by atoms with van der Waals surface area (Å²) in [5.74, 6) is 0.785. The second-order valence-electron chi connectivity index (χ2n) is 5.64. The summed E-state index contributed by atoms with van der Waals surface area (Å²) in [4.78, 5) is 1.48. The first-order valence-electron chi connectivity index (χ1n) is 7.30. The lowest BCUT2D eigenvalue weighted by atomic mass is 9.96. The maximum absolute atomic E-state index is 3.83. The van der Waals surface area contributed by atoms with Crippen molar-refractivity contribution >= 4 is 39.6 Å². The molecule has 0 radical (unpaired) electrons. The molecule has 1 aliphatic carbocycles. The van der Waals surface area contributed by atoms with Crippen LogP contribution in [0.15, 0.2) is 35.7 Å². The Morgan fingerprint density at radius 2 is 2.05 bits per heavy atom. The Bertz CT molecular complexity index is 558. The fraction of sp³-hybridized carbons (Fsp3) is 0.412. The quantitative estimate of drug-likeness (QED) is 0.624. The van der Waals surface area contributed by atoms with Gasteiger partial charge in [0.15, 0.2) is 0 Å². The van der Waals surface area contributed by atoms with Crippen molar-refractivity contribution in [2.24, 2.45) is 5.92 Å². The number of rotatable bonds is 4. The predicted octanol–water partition coefficient (Wildman–Crippen LogP) is 6.00. The van der Waals surface area contributed by atoms with Crippen LogP contribution in [0.4, 0.5) is 5.69 Å². The van der Waals surface area contributed by atoms with Crippen LogP contribution in [-0.2, 0) is 0 Å². The van der Waals surface area contributed by atoms with Gasteiger partial charge in [0.2, 0.25) is 0 Å². The van der Waals surface area contributed by atoms with E-state index >= 15 is 0 Å². The first-order chi connectivity index (χ1) is 9.74. The molecule has 1 fully saturated rings. The minimum atomic E-state index is 0.483. The van der Waals surface area contributed by atoms with Crippen LogP contribution in [0.25, 0.3) is 0 Å². The van der Waals surface area contributed by atoms with E-state index in [1.807, 2.05) is 11.3 Å². The Kier molecular flexibility index (Phi) is 4.66. The van der Waals surface area contributed by atoms with E-state index in [4.69, 9.17) is 0 Å². The molecule has 20 heavy (non-hydrogen) atoms. The van der Waals surface area contributed by atoms with Crippen molar-refractivity contribution in [2.75, 3.05) is 5.32 Å². The standard InChI is InChI=1S/C17H20INS/c1-12-11-14(18)8-9-15(12)19-17(13-5-2-3-6-13)16-7-4-10-20-16/h4,7-11,13,17,19H,2-3,5-6H2,1H3. The number of hydrogen-bond donors (Lipinski definition) is 1. The van der Waals surface area contributed by atoms with E-state index in [1.54, 1.807) is 0 Å². The van der Waals surface area contributed by atoms with Gasteiger partial charge in [-0.15, -0.1) is 11.3 Å². The Balaban J connectivity index is 1.86. The molecule has 3 rings (SSSR count). The summed E-state index contributed by atoms with van der Waals surface area (Å²) >= 11 is 4.26. The molecule has 1 unspecified atom stereocenters. The summed E-state index contributed by atoms with van der Waals surface area (Å²) in [5, 5.41) is 6.02. The van der Waals surface area contributed by atoms with Gasteiger partial charge in [-0.25, -0.2) is 0 Å². The smallest absolute Gasteiger partial charge is 0.0634 e. The van der Waals surface area contributed by atoms with E-state index in [9.17, 15) is 0 Å². The van der Waals surface area contributed by atoms with Gasteiger partial charge in [0.1, 0.15) is 0 Å². The maximum Gasteiger partial charge on any atom is 0.0634 e. The van der Waals surface area contributed by atoms with E-state index in [0.29, 0.717) is 6.04 Å². The number of halogens is 1. The maximum atomic E-state index is 3.83. The van der Waals surface area contributed by atoms with Crippen molar-refractivity contribution < 1.29 is 0 Å². The van der Waals surface area contributed by atoms with Crippen LogP contribution < -0.4 is 5.32 Å². The first-order valence-corrected chi connectivity index (χ1v) is 9.26. The SMILES string of the molecule is Cc1cc(I)ccc1NC(c1cccs1)C1CCCC1. The Labute approximate surface area is 138 Å². The molecule has 1 nitrogen and oxygen atoms in total. The van der Waals surface area contributed by atoms with Crippen LogP contribution in [0.1, 0.15) is 42.2 Å². The number of benzene rings is 1. The summed E-state index contributed by atoms with van der Waals surface area (Å²) in [5.41, 5.74) is 2.63. The average molecular weight is 397 g/mol. The van der Waals surface area contributed by atoms with Crippen molar-refractivity contribution in [2.45, 2.75) is 38.6 Å². The van der Waals surface area contributed by atoms with Gasteiger partial charge >= 0.3 is 0 Å². The second kappa shape index (κ2) is 6.48. The van der Waals surface area contributed by atoms with Crippen LogP contribution >= 0.6 is 33.9 Å². The largest absolute Gasteiger partial charge is 0.377 e. The monoisotopic (exact) mass is 397 g/mol. The molecule has 0 aliphatic heterocycles. The zero-order valence-electron chi connectivity index (χ0n) is 11.7. The Morgan fingerprint density at radius 1 is 1.25 bits per heavy atom. The van der Waals surface area contributed by atoms with Gasteiger partial charge < -0.3 is 5.32 Å². The molecule has 1 aromatic heterocycles. The third-order valence-corrected chi connectivity index (χ3v) is 5.85. The first kappa shape index (κ1) is 14.4. The highest BCUT2D eigenvalue weighted by molar-refractivity contribution is 14.1. The molecule has 1 heterocycles. The van der Waals surface area contributed by atoms with E-state index in [-0.39, 0.29) is 0 Å². The topological polar surface area (TPSA) is 12.0 Å². The highest BCUT2D eigenvalue weighted by Crippen LogP contribution is 2.39. The van der Waals surface area contributed by atoms with Gasteiger partial charge in [0.25, 0.3) is 0 Å². The summed E-state index contributed by atoms with van der Waals surface area (Å²) in [6.45, 7) is 2.20. The zero-order valence-corrected chi connectivity index (χ0v) is 14.7. The van der Waals surface area contributed by atoms with Crippen molar-refractivity contribution in [3.63, 3.8) is 0 Å². The fourth-order valence-corrected chi connectivity index (χ4v) is 4.65. The fourth-order valence-electron chi connectivity index (χ4n) is 3.14. The second-order valence-corrected chi connectivity index (χ2v) is 7.87. The Morgan fingerprint density at radius 3 is 2.70 bits per heavy atom. The minimum Gasteiger partial charge on any atom is -0.377 e. The highest BCUT2D eigenvalue weighted by atomic mass is 127. The number of nitrogens with one attached hydrogen (secondary N) is 1. The van der Waals surface area contributed by atoms with Gasteiger partial charge in [-0.3, -0.25) is 0 Å². The number of aryl methyl sites for hydroxylation is 1. The summed E-state index contributed by atoms with van der Waals surface area (Å²) in [7, 11) is 0. The van der Waals surface area contributed by atoms with Gasteiger partial charge in [0, 0.05) is 14.1 Å². The molecule has 106 valence electrons. The summed E-state index contributed by atoms with van der Waals surface area (Å²) in [6, 6.07) is 11.6. The number of anilines is 1. The van der Waals surface area contributed by atoms with Crippen LogP contribution in [-0.4, -0.2) is 0 Å². The molecule has 0 spiro atoms. The number of thiophene rings is 1. The molecule has 1 aliphatic rings. The normalized spacial score (nSPS) is 17.3. The predicted molar refractivity (Wildman–Crippen MR) is 96.5 cm³/mol. The van der Waals surface area contributed by atoms with Gasteiger partial charge in [-0.2, -0.15) is 0 Å². The lowest BCUT2D eigenvalue weighted by molar-refractivity contribution is 0.475. The zero-order chi connectivity index (χ0) is 13.9. The van der Waals surface area contributed by atoms with Crippen LogP contribution in [0.2, 0.25) is 0 Å². The van der Waals surface area contributed by atoms with E-state index < -0.39 is 0 Å². The molecule has 1 atom stereocenters. The van der Waals surface area contributed by atoms with E-state index in [0.717, 1.165) is 5.92 Å². The van der Waals surface area contributed by atoms with Crippen LogP contribution in [0.3, 0.4) is 0 Å². The van der Waals surface area contributed by atoms with Gasteiger partial charge in [-0.05, 0) is 83.5 Å². The lowest BCUT2D eigenvalue weighted by Crippen LogP contribution is -2.18. The molecule has 3 heteroatoms. The van der Waals surface area contributed by atoms with Crippen LogP contribution in [0.5, 0.6) is 0 Å². The van der Waals surface area contributed by atoms with Gasteiger partial charge in [0.05, 0.1) is 6.04 Å². The summed E-state index contributed by atoms with van der Waals surface area (Å²) < 4.78 is 1.30. The molecule has 1 saturated carbocycles. The van der Waals surface area contributed by atoms with E-state index in [1.165, 1.54) is 45.4 Å².